The van der Waals surface area contributed by atoms with Crippen LogP contribution in [0.25, 0.3) is 0 Å². The molecule has 28 heavy (non-hydrogen) atoms. The van der Waals surface area contributed by atoms with E-state index in [1.165, 1.54) is 0 Å². The van der Waals surface area contributed by atoms with Crippen molar-refractivity contribution in [1.82, 2.24) is 4.98 Å². The summed E-state index contributed by atoms with van der Waals surface area (Å²) in [5.74, 6) is 0.988. The van der Waals surface area contributed by atoms with Gasteiger partial charge in [-0.3, -0.25) is 4.72 Å². The third kappa shape index (κ3) is 4.80. The van der Waals surface area contributed by atoms with Gasteiger partial charge in [0.1, 0.15) is 11.6 Å². The Hall–Kier alpha value is -3.06. The minimum Gasteiger partial charge on any atom is -0.489 e. The highest BCUT2D eigenvalue weighted by molar-refractivity contribution is 7.92. The molecule has 0 amide bonds. The van der Waals surface area contributed by atoms with Crippen LogP contribution in [0, 0.1) is 6.92 Å². The van der Waals surface area contributed by atoms with Gasteiger partial charge in [0, 0.05) is 0 Å². The molecule has 0 unspecified atom stereocenters. The van der Waals surface area contributed by atoms with E-state index >= 15 is 0 Å². The summed E-state index contributed by atoms with van der Waals surface area (Å²) in [5.41, 5.74) is 2.21. The van der Waals surface area contributed by atoms with Crippen molar-refractivity contribution in [1.29, 1.82) is 0 Å². The number of anilines is 3. The molecule has 0 saturated heterocycles. The first-order valence-electron chi connectivity index (χ1n) is 8.92. The van der Waals surface area contributed by atoms with E-state index in [0.29, 0.717) is 5.56 Å². The van der Waals surface area contributed by atoms with Crippen LogP contribution in [0.4, 0.5) is 17.2 Å². The molecule has 146 valence electrons. The van der Waals surface area contributed by atoms with Gasteiger partial charge in [-0.25, -0.2) is 13.4 Å². The molecular formula is C21H23N3O3S. The molecule has 0 aliphatic carbocycles. The fourth-order valence-electron chi connectivity index (χ4n) is 2.66. The Bertz CT molecular complexity index is 1050. The van der Waals surface area contributed by atoms with Gasteiger partial charge < -0.3 is 10.1 Å². The molecule has 6 nitrogen and oxygen atoms in total. The molecule has 0 bridgehead atoms. The van der Waals surface area contributed by atoms with E-state index in [1.807, 2.05) is 38.1 Å². The molecule has 0 saturated carbocycles. The van der Waals surface area contributed by atoms with Crippen molar-refractivity contribution in [2.75, 3.05) is 10.0 Å². The molecule has 0 spiro atoms. The van der Waals surface area contributed by atoms with Crippen molar-refractivity contribution in [3.63, 3.8) is 0 Å². The second-order valence-electron chi connectivity index (χ2n) is 6.59. The molecule has 2 aromatic carbocycles. The topological polar surface area (TPSA) is 80.3 Å². The van der Waals surface area contributed by atoms with E-state index in [9.17, 15) is 8.42 Å². The molecule has 7 heteroatoms. The van der Waals surface area contributed by atoms with Crippen LogP contribution in [0.1, 0.15) is 19.4 Å². The molecule has 0 aliphatic heterocycles. The standard InChI is InChI=1S/C21H23N3O3S/c1-15(2)27-19-10-6-5-9-18(19)23-17-12-13-21(22-14-17)24-28(25,26)20-11-7-4-8-16(20)3/h4-15,23H,1-3H3,(H,22,24). The summed E-state index contributed by atoms with van der Waals surface area (Å²) < 4.78 is 33.4. The van der Waals surface area contributed by atoms with Crippen LogP contribution in [0.15, 0.2) is 71.8 Å². The molecule has 0 radical (unpaired) electrons. The number of pyridine rings is 1. The average molecular weight is 398 g/mol. The lowest BCUT2D eigenvalue weighted by molar-refractivity contribution is 0.244. The Morgan fingerprint density at radius 1 is 0.964 bits per heavy atom. The maximum absolute atomic E-state index is 12.6. The van der Waals surface area contributed by atoms with Gasteiger partial charge in [0.2, 0.25) is 0 Å². The number of aromatic nitrogens is 1. The lowest BCUT2D eigenvalue weighted by Crippen LogP contribution is -2.15. The van der Waals surface area contributed by atoms with Crippen molar-refractivity contribution >= 4 is 27.2 Å². The zero-order valence-corrected chi connectivity index (χ0v) is 16.8. The fourth-order valence-corrected chi connectivity index (χ4v) is 3.92. The SMILES string of the molecule is Cc1ccccc1S(=O)(=O)Nc1ccc(Nc2ccccc2OC(C)C)cn1. The second-order valence-corrected chi connectivity index (χ2v) is 8.24. The largest absolute Gasteiger partial charge is 0.489 e. The smallest absolute Gasteiger partial charge is 0.263 e. The zero-order chi connectivity index (χ0) is 20.1. The first-order chi connectivity index (χ1) is 13.3. The molecule has 0 fully saturated rings. The first kappa shape index (κ1) is 19.7. The number of nitrogens with zero attached hydrogens (tertiary/aromatic N) is 1. The van der Waals surface area contributed by atoms with Crippen LogP contribution in [-0.4, -0.2) is 19.5 Å². The predicted molar refractivity (Wildman–Crippen MR) is 112 cm³/mol. The Morgan fingerprint density at radius 3 is 2.36 bits per heavy atom. The van der Waals surface area contributed by atoms with Crippen LogP contribution in [0.2, 0.25) is 0 Å². The number of sulfonamides is 1. The number of hydrogen-bond donors (Lipinski definition) is 2. The number of hydrogen-bond acceptors (Lipinski definition) is 5. The molecule has 0 aliphatic rings. The summed E-state index contributed by atoms with van der Waals surface area (Å²) in [6.45, 7) is 5.69. The van der Waals surface area contributed by atoms with Crippen LogP contribution in [-0.2, 0) is 10.0 Å². The van der Waals surface area contributed by atoms with E-state index < -0.39 is 10.0 Å². The van der Waals surface area contributed by atoms with Gasteiger partial charge >= 0.3 is 0 Å². The molecule has 1 aromatic heterocycles. The van der Waals surface area contributed by atoms with Gasteiger partial charge in [0.25, 0.3) is 10.0 Å². The van der Waals surface area contributed by atoms with E-state index in [2.05, 4.69) is 15.0 Å². The fraction of sp³-hybridized carbons (Fsp3) is 0.190. The van der Waals surface area contributed by atoms with Crippen LogP contribution in [0.5, 0.6) is 5.75 Å². The highest BCUT2D eigenvalue weighted by atomic mass is 32.2. The number of para-hydroxylation sites is 2. The number of nitrogens with one attached hydrogen (secondary N) is 2. The minimum atomic E-state index is -3.69. The lowest BCUT2D eigenvalue weighted by atomic mass is 10.2. The highest BCUT2D eigenvalue weighted by Gasteiger charge is 2.17. The highest BCUT2D eigenvalue weighted by Crippen LogP contribution is 2.28. The van der Waals surface area contributed by atoms with Crippen LogP contribution in [0.3, 0.4) is 0 Å². The summed E-state index contributed by atoms with van der Waals surface area (Å²) in [7, 11) is -3.69. The third-order valence-electron chi connectivity index (χ3n) is 3.91. The van der Waals surface area contributed by atoms with E-state index in [-0.39, 0.29) is 16.8 Å². The summed E-state index contributed by atoms with van der Waals surface area (Å²) in [6, 6.07) is 17.8. The summed E-state index contributed by atoms with van der Waals surface area (Å²) in [6.07, 6.45) is 1.63. The Labute approximate surface area is 165 Å². The molecule has 3 aromatic rings. The van der Waals surface area contributed by atoms with Crippen molar-refractivity contribution in [2.24, 2.45) is 0 Å². The van der Waals surface area contributed by atoms with Crippen molar-refractivity contribution in [3.8, 4) is 5.75 Å². The molecule has 0 atom stereocenters. The van der Waals surface area contributed by atoms with Crippen molar-refractivity contribution in [3.05, 3.63) is 72.4 Å². The summed E-state index contributed by atoms with van der Waals surface area (Å²) in [4.78, 5) is 4.45. The lowest BCUT2D eigenvalue weighted by Gasteiger charge is -2.15. The van der Waals surface area contributed by atoms with Crippen LogP contribution < -0.4 is 14.8 Å². The quantitative estimate of drug-likeness (QED) is 0.603. The summed E-state index contributed by atoms with van der Waals surface area (Å²) >= 11 is 0. The van der Waals surface area contributed by atoms with Crippen LogP contribution >= 0.6 is 0 Å². The van der Waals surface area contributed by atoms with Gasteiger partial charge in [-0.2, -0.15) is 0 Å². The molecule has 3 rings (SSSR count). The predicted octanol–water partition coefficient (Wildman–Crippen LogP) is 4.72. The maximum Gasteiger partial charge on any atom is 0.263 e. The van der Waals surface area contributed by atoms with E-state index in [0.717, 1.165) is 17.1 Å². The molecule has 1 heterocycles. The number of rotatable bonds is 7. The minimum absolute atomic E-state index is 0.0549. The van der Waals surface area contributed by atoms with Gasteiger partial charge in [-0.05, 0) is 56.7 Å². The average Bonchev–Trinajstić information content (AvgIpc) is 2.64. The normalized spacial score (nSPS) is 11.3. The van der Waals surface area contributed by atoms with Crippen molar-refractivity contribution < 1.29 is 13.2 Å². The Morgan fingerprint density at radius 2 is 1.68 bits per heavy atom. The third-order valence-corrected chi connectivity index (χ3v) is 5.43. The van der Waals surface area contributed by atoms with Gasteiger partial charge in [-0.15, -0.1) is 0 Å². The van der Waals surface area contributed by atoms with E-state index in [4.69, 9.17) is 4.74 Å². The Balaban J connectivity index is 1.75. The number of ether oxygens (including phenoxy) is 1. The number of benzene rings is 2. The van der Waals surface area contributed by atoms with Gasteiger partial charge in [0.15, 0.2) is 0 Å². The second kappa shape index (κ2) is 8.31. The van der Waals surface area contributed by atoms with Crippen molar-refractivity contribution in [2.45, 2.75) is 31.8 Å². The first-order valence-corrected chi connectivity index (χ1v) is 10.4. The monoisotopic (exact) mass is 397 g/mol. The molecular weight excluding hydrogens is 374 g/mol. The van der Waals surface area contributed by atoms with Gasteiger partial charge in [0.05, 0.1) is 28.6 Å². The van der Waals surface area contributed by atoms with E-state index in [1.54, 1.807) is 49.5 Å². The Kier molecular flexibility index (Phi) is 5.84. The zero-order valence-electron chi connectivity index (χ0n) is 16.0. The maximum atomic E-state index is 12.6. The van der Waals surface area contributed by atoms with Gasteiger partial charge in [-0.1, -0.05) is 30.3 Å². The summed E-state index contributed by atoms with van der Waals surface area (Å²) in [5, 5.41) is 3.24. The molecule has 2 N–H and O–H groups in total. The number of aryl methyl sites for hydroxylation is 1.